The molecule has 1 aliphatic heterocycles. The summed E-state index contributed by atoms with van der Waals surface area (Å²) in [6, 6.07) is 5.57. The van der Waals surface area contributed by atoms with Gasteiger partial charge in [-0.15, -0.1) is 0 Å². The van der Waals surface area contributed by atoms with E-state index in [1.54, 1.807) is 26.2 Å². The number of benzene rings is 1. The molecule has 1 aromatic carbocycles. The average molecular weight is 994 g/mol. The largest absolute Gasteiger partial charge is 0.380 e. The number of carbonyl (C=O) groups excluding carboxylic acids is 6. The zero-order valence-electron chi connectivity index (χ0n) is 42.3. The number of anilines is 1. The van der Waals surface area contributed by atoms with E-state index in [1.165, 1.54) is 24.2 Å². The summed E-state index contributed by atoms with van der Waals surface area (Å²) in [5, 5.41) is 11.0. The topological polar surface area (TPSA) is 237 Å². The van der Waals surface area contributed by atoms with Crippen molar-refractivity contribution in [3.05, 3.63) is 29.8 Å². The molecule has 1 saturated carbocycles. The predicted molar refractivity (Wildman–Crippen MR) is 260 cm³/mol. The number of likely N-dealkylation sites (tertiary alicyclic amines) is 1. The van der Waals surface area contributed by atoms with Gasteiger partial charge in [0, 0.05) is 45.1 Å². The minimum absolute atomic E-state index is 0.0640. The highest BCUT2D eigenvalue weighted by Gasteiger charge is 2.42. The number of ether oxygens (including phenoxy) is 9. The van der Waals surface area contributed by atoms with Crippen molar-refractivity contribution >= 4 is 41.1 Å². The van der Waals surface area contributed by atoms with E-state index in [4.69, 9.17) is 42.6 Å². The van der Waals surface area contributed by atoms with Crippen molar-refractivity contribution in [3.63, 3.8) is 0 Å². The molecule has 70 heavy (non-hydrogen) atoms. The fraction of sp³-hybridized carbons (Fsp3) is 0.760. The first kappa shape index (κ1) is 60.2. The lowest BCUT2D eigenvalue weighted by Crippen LogP contribution is -2.53. The molecule has 0 spiro atoms. The average Bonchev–Trinajstić information content (AvgIpc) is 3.61. The van der Waals surface area contributed by atoms with Gasteiger partial charge in [-0.2, -0.15) is 0 Å². The fourth-order valence-corrected chi connectivity index (χ4v) is 7.82. The third-order valence-corrected chi connectivity index (χ3v) is 11.8. The maximum Gasteiger partial charge on any atom is 0.246 e. The van der Waals surface area contributed by atoms with Crippen LogP contribution in [0.4, 0.5) is 5.69 Å². The van der Waals surface area contributed by atoms with Crippen LogP contribution in [-0.4, -0.2) is 178 Å². The molecule has 3 rings (SSSR count). The van der Waals surface area contributed by atoms with E-state index in [9.17, 15) is 28.8 Å². The minimum Gasteiger partial charge on any atom is -0.380 e. The maximum absolute atomic E-state index is 13.0. The number of hydrogen-bond donors (Lipinski definition) is 4. The van der Waals surface area contributed by atoms with Crippen LogP contribution in [0.2, 0.25) is 0 Å². The van der Waals surface area contributed by atoms with Crippen LogP contribution in [-0.2, 0) is 78.0 Å². The SMILES string of the molecule is COCc1ccc(NC(=O)C(C)NC(=O)[C@@H](NC(=O)CCOCCOCCOCCOCCOCCOCCOCCOCCNC(=O)CCN2C(=O)CC(C3CCCCCCC3)C2=O)C(C)C)cc1. The summed E-state index contributed by atoms with van der Waals surface area (Å²) in [6.45, 7) is 12.2. The summed E-state index contributed by atoms with van der Waals surface area (Å²) in [7, 11) is 1.61. The summed E-state index contributed by atoms with van der Waals surface area (Å²) >= 11 is 0. The summed E-state index contributed by atoms with van der Waals surface area (Å²) < 4.78 is 49.2. The molecule has 1 aliphatic carbocycles. The molecule has 2 aliphatic rings. The number of carbonyl (C=O) groups is 6. The molecule has 3 atom stereocenters. The monoisotopic (exact) mass is 994 g/mol. The normalized spacial score (nSPS) is 16.5. The van der Waals surface area contributed by atoms with Gasteiger partial charge in [-0.05, 0) is 49.3 Å². The standard InChI is InChI=1S/C50H83N5O15/c1-38(2)47(49(60)52-39(3)48(59)53-42-14-12-40(13-15-42)37-62-4)54-45(57)17-20-63-22-24-65-26-28-67-30-32-69-34-35-70-33-31-68-29-27-66-25-23-64-21-18-51-44(56)16-19-55-46(58)36-43(50(55)61)41-10-8-6-5-7-9-11-41/h12-15,38-39,41,43,47H,5-11,16-37H2,1-4H3,(H,51,56)(H,52,60)(H,53,59)(H,54,57)/t39?,43?,47-/m0/s1. The summed E-state index contributed by atoms with van der Waals surface area (Å²) in [4.78, 5) is 77.3. The molecule has 398 valence electrons. The summed E-state index contributed by atoms with van der Waals surface area (Å²) in [5.74, 6) is -1.79. The smallest absolute Gasteiger partial charge is 0.246 e. The van der Waals surface area contributed by atoms with E-state index < -0.39 is 18.0 Å². The zero-order chi connectivity index (χ0) is 50.6. The number of imide groups is 1. The highest BCUT2D eigenvalue weighted by atomic mass is 16.6. The van der Waals surface area contributed by atoms with Gasteiger partial charge in [0.25, 0.3) is 0 Å². The second-order valence-corrected chi connectivity index (χ2v) is 17.7. The van der Waals surface area contributed by atoms with Gasteiger partial charge in [0.1, 0.15) is 12.1 Å². The lowest BCUT2D eigenvalue weighted by molar-refractivity contribution is -0.140. The van der Waals surface area contributed by atoms with Gasteiger partial charge >= 0.3 is 0 Å². The van der Waals surface area contributed by atoms with E-state index in [-0.39, 0.29) is 79.7 Å². The van der Waals surface area contributed by atoms with Gasteiger partial charge in [-0.3, -0.25) is 33.7 Å². The molecular formula is C50H83N5O15. The second kappa shape index (κ2) is 37.6. The maximum atomic E-state index is 13.0. The van der Waals surface area contributed by atoms with Crippen molar-refractivity contribution in [3.8, 4) is 0 Å². The van der Waals surface area contributed by atoms with E-state index in [1.807, 2.05) is 26.0 Å². The zero-order valence-corrected chi connectivity index (χ0v) is 42.3. The summed E-state index contributed by atoms with van der Waals surface area (Å²) in [6.07, 6.45) is 8.33. The Morgan fingerprint density at radius 3 is 1.59 bits per heavy atom. The predicted octanol–water partition coefficient (Wildman–Crippen LogP) is 3.18. The second-order valence-electron chi connectivity index (χ2n) is 17.7. The number of amides is 6. The number of rotatable bonds is 39. The first-order valence-electron chi connectivity index (χ1n) is 25.2. The third kappa shape index (κ3) is 26.4. The Bertz CT molecular complexity index is 1630. The van der Waals surface area contributed by atoms with Crippen molar-refractivity contribution in [2.45, 2.75) is 104 Å². The van der Waals surface area contributed by atoms with Gasteiger partial charge in [0.15, 0.2) is 0 Å². The Kier molecular flexibility index (Phi) is 32.4. The van der Waals surface area contributed by atoms with Crippen molar-refractivity contribution in [2.24, 2.45) is 17.8 Å². The van der Waals surface area contributed by atoms with E-state index in [2.05, 4.69) is 21.3 Å². The Morgan fingerprint density at radius 1 is 0.600 bits per heavy atom. The van der Waals surface area contributed by atoms with Crippen LogP contribution in [0.15, 0.2) is 24.3 Å². The number of hydrogen-bond acceptors (Lipinski definition) is 15. The summed E-state index contributed by atoms with van der Waals surface area (Å²) in [5.41, 5.74) is 1.56. The molecular weight excluding hydrogens is 911 g/mol. The fourth-order valence-electron chi connectivity index (χ4n) is 7.82. The van der Waals surface area contributed by atoms with Gasteiger partial charge in [0.05, 0.1) is 118 Å². The van der Waals surface area contributed by atoms with E-state index >= 15 is 0 Å². The van der Waals surface area contributed by atoms with Crippen LogP contribution in [0.3, 0.4) is 0 Å². The molecule has 1 saturated heterocycles. The molecule has 4 N–H and O–H groups in total. The molecule has 20 heteroatoms. The third-order valence-electron chi connectivity index (χ3n) is 11.8. The van der Waals surface area contributed by atoms with Gasteiger partial charge < -0.3 is 63.9 Å². The van der Waals surface area contributed by atoms with Gasteiger partial charge in [-0.25, -0.2) is 0 Å². The molecule has 0 radical (unpaired) electrons. The number of nitrogens with one attached hydrogen (secondary N) is 4. The molecule has 6 amide bonds. The van der Waals surface area contributed by atoms with Crippen molar-refractivity contribution in [2.75, 3.05) is 131 Å². The number of methoxy groups -OCH3 is 1. The lowest BCUT2D eigenvalue weighted by atomic mass is 9.81. The first-order chi connectivity index (χ1) is 34.0. The van der Waals surface area contributed by atoms with Crippen LogP contribution < -0.4 is 21.3 Å². The van der Waals surface area contributed by atoms with Crippen LogP contribution in [0.1, 0.15) is 90.5 Å². The first-order valence-corrected chi connectivity index (χ1v) is 25.2. The van der Waals surface area contributed by atoms with Crippen molar-refractivity contribution in [1.29, 1.82) is 0 Å². The van der Waals surface area contributed by atoms with E-state index in [0.29, 0.717) is 118 Å². The Morgan fingerprint density at radius 2 is 1.09 bits per heavy atom. The number of nitrogens with zero attached hydrogens (tertiary/aromatic N) is 1. The van der Waals surface area contributed by atoms with Crippen LogP contribution in [0.5, 0.6) is 0 Å². The van der Waals surface area contributed by atoms with Crippen LogP contribution >= 0.6 is 0 Å². The molecule has 0 aromatic heterocycles. The van der Waals surface area contributed by atoms with Gasteiger partial charge in [0.2, 0.25) is 35.4 Å². The Balaban J connectivity index is 1.01. The van der Waals surface area contributed by atoms with Crippen molar-refractivity contribution in [1.82, 2.24) is 20.9 Å². The minimum atomic E-state index is -0.824. The molecule has 1 heterocycles. The highest BCUT2D eigenvalue weighted by molar-refractivity contribution is 6.04. The van der Waals surface area contributed by atoms with Crippen LogP contribution in [0, 0.1) is 17.8 Å². The molecule has 20 nitrogen and oxygen atoms in total. The quantitative estimate of drug-likeness (QED) is 0.0548. The highest BCUT2D eigenvalue weighted by Crippen LogP contribution is 2.35. The molecule has 0 bridgehead atoms. The van der Waals surface area contributed by atoms with E-state index in [0.717, 1.165) is 31.2 Å². The van der Waals surface area contributed by atoms with Crippen LogP contribution in [0.25, 0.3) is 0 Å². The Labute approximate surface area is 414 Å². The molecule has 1 aromatic rings. The van der Waals surface area contributed by atoms with Crippen molar-refractivity contribution < 1.29 is 71.4 Å². The molecule has 2 fully saturated rings. The Hall–Kier alpha value is -4.12. The molecule has 2 unspecified atom stereocenters. The lowest BCUT2D eigenvalue weighted by Gasteiger charge is -2.24. The van der Waals surface area contributed by atoms with Gasteiger partial charge in [-0.1, -0.05) is 58.1 Å².